The van der Waals surface area contributed by atoms with Crippen molar-refractivity contribution in [2.45, 2.75) is 31.2 Å². The predicted molar refractivity (Wildman–Crippen MR) is 58.8 cm³/mol. The second-order valence-corrected chi connectivity index (χ2v) is 4.28. The zero-order valence-corrected chi connectivity index (χ0v) is 9.41. The Bertz CT molecular complexity index is 331. The molecule has 1 rings (SSSR count). The van der Waals surface area contributed by atoms with E-state index in [2.05, 4.69) is 11.9 Å². The minimum atomic E-state index is -0.801. The molecule has 0 saturated heterocycles. The Labute approximate surface area is 92.3 Å². The Morgan fingerprint density at radius 1 is 1.33 bits per heavy atom. The topological polar surface area (TPSA) is 38.9 Å². The minimum Gasteiger partial charge on any atom is -0.381 e. The van der Waals surface area contributed by atoms with E-state index in [9.17, 15) is 8.78 Å². The maximum absolute atomic E-state index is 13.2. The van der Waals surface area contributed by atoms with Gasteiger partial charge < -0.3 is 5.73 Å². The van der Waals surface area contributed by atoms with E-state index < -0.39 is 11.6 Å². The molecule has 15 heavy (non-hydrogen) atoms. The number of nitrogens with zero attached hydrogens (tertiary/aromatic N) is 1. The summed E-state index contributed by atoms with van der Waals surface area (Å²) in [5.74, 6) is -0.897. The lowest BCUT2D eigenvalue weighted by molar-refractivity contribution is 0.552. The van der Waals surface area contributed by atoms with Crippen molar-refractivity contribution >= 4 is 17.6 Å². The monoisotopic (exact) mass is 232 g/mol. The molecule has 0 unspecified atom stereocenters. The van der Waals surface area contributed by atoms with Crippen LogP contribution in [0.5, 0.6) is 0 Å². The summed E-state index contributed by atoms with van der Waals surface area (Å²) in [5.41, 5.74) is 5.25. The zero-order chi connectivity index (χ0) is 11.3. The van der Waals surface area contributed by atoms with E-state index in [0.717, 1.165) is 31.1 Å². The number of nitrogen functional groups attached to an aromatic ring is 1. The number of nitrogens with two attached hydrogens (primary N) is 1. The minimum absolute atomic E-state index is 0.185. The van der Waals surface area contributed by atoms with Crippen LogP contribution < -0.4 is 5.73 Å². The average molecular weight is 232 g/mol. The molecule has 1 heterocycles. The number of hydrogen-bond donors (Lipinski definition) is 1. The van der Waals surface area contributed by atoms with E-state index >= 15 is 0 Å². The lowest BCUT2D eigenvalue weighted by Gasteiger charge is -2.03. The standard InChI is InChI=1S/C10H14F2N2S/c1-2-3-4-5-15-10-8(12)6-7(11)9(13)14-10/h6H,2-5H2,1H3,(H2,13,14). The van der Waals surface area contributed by atoms with Crippen molar-refractivity contribution in [1.82, 2.24) is 4.98 Å². The molecule has 1 aromatic heterocycles. The van der Waals surface area contributed by atoms with Gasteiger partial charge in [0.1, 0.15) is 5.03 Å². The zero-order valence-electron chi connectivity index (χ0n) is 8.59. The number of pyridine rings is 1. The summed E-state index contributed by atoms with van der Waals surface area (Å²) in [5, 5.41) is 0.185. The molecule has 2 nitrogen and oxygen atoms in total. The number of thioether (sulfide) groups is 1. The van der Waals surface area contributed by atoms with Gasteiger partial charge in [-0.2, -0.15) is 0 Å². The van der Waals surface area contributed by atoms with Crippen LogP contribution in [0, 0.1) is 11.6 Å². The fourth-order valence-electron chi connectivity index (χ4n) is 1.09. The van der Waals surface area contributed by atoms with Crippen molar-refractivity contribution < 1.29 is 8.78 Å². The quantitative estimate of drug-likeness (QED) is 0.625. The highest BCUT2D eigenvalue weighted by Crippen LogP contribution is 2.23. The van der Waals surface area contributed by atoms with Crippen molar-refractivity contribution in [1.29, 1.82) is 0 Å². The van der Waals surface area contributed by atoms with Crippen LogP contribution in [-0.2, 0) is 0 Å². The van der Waals surface area contributed by atoms with Gasteiger partial charge in [-0.15, -0.1) is 11.8 Å². The van der Waals surface area contributed by atoms with Crippen LogP contribution in [0.2, 0.25) is 0 Å². The van der Waals surface area contributed by atoms with Crippen LogP contribution in [0.25, 0.3) is 0 Å². The van der Waals surface area contributed by atoms with Crippen LogP contribution in [0.1, 0.15) is 26.2 Å². The molecule has 0 saturated carbocycles. The molecule has 0 atom stereocenters. The summed E-state index contributed by atoms with van der Waals surface area (Å²) in [6.45, 7) is 2.10. The first-order valence-corrected chi connectivity index (χ1v) is 5.88. The number of aromatic nitrogens is 1. The molecule has 0 aliphatic carbocycles. The van der Waals surface area contributed by atoms with Crippen LogP contribution in [-0.4, -0.2) is 10.7 Å². The Morgan fingerprint density at radius 2 is 2.07 bits per heavy atom. The Hall–Kier alpha value is -0.840. The first-order chi connectivity index (χ1) is 7.15. The maximum atomic E-state index is 13.2. The average Bonchev–Trinajstić information content (AvgIpc) is 2.20. The lowest BCUT2D eigenvalue weighted by atomic mass is 10.3. The maximum Gasteiger partial charge on any atom is 0.168 e. The first-order valence-electron chi connectivity index (χ1n) is 4.89. The van der Waals surface area contributed by atoms with Gasteiger partial charge in [-0.05, 0) is 12.2 Å². The number of rotatable bonds is 5. The fourth-order valence-corrected chi connectivity index (χ4v) is 1.99. The van der Waals surface area contributed by atoms with E-state index in [1.165, 1.54) is 11.8 Å². The fraction of sp³-hybridized carbons (Fsp3) is 0.500. The number of hydrogen-bond acceptors (Lipinski definition) is 3. The highest BCUT2D eigenvalue weighted by molar-refractivity contribution is 7.99. The second-order valence-electron chi connectivity index (χ2n) is 3.20. The molecule has 0 aliphatic rings. The Balaban J connectivity index is 2.57. The summed E-state index contributed by atoms with van der Waals surface area (Å²) in [6.07, 6.45) is 3.22. The predicted octanol–water partition coefficient (Wildman–Crippen LogP) is 3.22. The van der Waals surface area contributed by atoms with Gasteiger partial charge in [-0.25, -0.2) is 13.8 Å². The van der Waals surface area contributed by atoms with Gasteiger partial charge in [0.05, 0.1) is 0 Å². The highest BCUT2D eigenvalue weighted by atomic mass is 32.2. The molecule has 0 radical (unpaired) electrons. The number of halogens is 2. The third-order valence-electron chi connectivity index (χ3n) is 1.91. The van der Waals surface area contributed by atoms with Crippen LogP contribution >= 0.6 is 11.8 Å². The Kier molecular flexibility index (Phi) is 4.81. The number of anilines is 1. The lowest BCUT2D eigenvalue weighted by Crippen LogP contribution is -1.99. The molecule has 0 bridgehead atoms. The highest BCUT2D eigenvalue weighted by Gasteiger charge is 2.09. The van der Waals surface area contributed by atoms with Crippen molar-refractivity contribution in [3.05, 3.63) is 17.7 Å². The molecular formula is C10H14F2N2S. The van der Waals surface area contributed by atoms with Gasteiger partial charge in [0.15, 0.2) is 17.5 Å². The SMILES string of the molecule is CCCCCSc1nc(N)c(F)cc1F. The summed E-state index contributed by atoms with van der Waals surface area (Å²) < 4.78 is 25.9. The van der Waals surface area contributed by atoms with Crippen molar-refractivity contribution in [2.75, 3.05) is 11.5 Å². The van der Waals surface area contributed by atoms with Crippen molar-refractivity contribution in [2.24, 2.45) is 0 Å². The van der Waals surface area contributed by atoms with E-state index in [1.807, 2.05) is 0 Å². The van der Waals surface area contributed by atoms with Gasteiger partial charge in [0.2, 0.25) is 0 Å². The van der Waals surface area contributed by atoms with Crippen molar-refractivity contribution in [3.63, 3.8) is 0 Å². The number of unbranched alkanes of at least 4 members (excludes halogenated alkanes) is 2. The normalized spacial score (nSPS) is 10.6. The van der Waals surface area contributed by atoms with E-state index in [1.54, 1.807) is 0 Å². The largest absolute Gasteiger partial charge is 0.381 e. The molecule has 2 N–H and O–H groups in total. The Morgan fingerprint density at radius 3 is 2.73 bits per heavy atom. The third-order valence-corrected chi connectivity index (χ3v) is 2.96. The molecule has 0 aliphatic heterocycles. The third kappa shape index (κ3) is 3.66. The first kappa shape index (κ1) is 12.2. The molecule has 0 amide bonds. The smallest absolute Gasteiger partial charge is 0.168 e. The molecule has 0 aromatic carbocycles. The molecule has 1 aromatic rings. The molecular weight excluding hydrogens is 218 g/mol. The van der Waals surface area contributed by atoms with Gasteiger partial charge in [-0.1, -0.05) is 19.8 Å². The van der Waals surface area contributed by atoms with Gasteiger partial charge >= 0.3 is 0 Å². The summed E-state index contributed by atoms with van der Waals surface area (Å²) in [4.78, 5) is 3.66. The second kappa shape index (κ2) is 5.90. The summed E-state index contributed by atoms with van der Waals surface area (Å²) in [7, 11) is 0. The molecule has 5 heteroatoms. The van der Waals surface area contributed by atoms with Gasteiger partial charge in [0.25, 0.3) is 0 Å². The van der Waals surface area contributed by atoms with E-state index in [-0.39, 0.29) is 10.8 Å². The summed E-state index contributed by atoms with van der Waals surface area (Å²) >= 11 is 1.28. The summed E-state index contributed by atoms with van der Waals surface area (Å²) in [6, 6.07) is 0.782. The van der Waals surface area contributed by atoms with E-state index in [4.69, 9.17) is 5.73 Å². The van der Waals surface area contributed by atoms with Crippen molar-refractivity contribution in [3.8, 4) is 0 Å². The van der Waals surface area contributed by atoms with Crippen LogP contribution in [0.4, 0.5) is 14.6 Å². The van der Waals surface area contributed by atoms with Crippen LogP contribution in [0.15, 0.2) is 11.1 Å². The van der Waals surface area contributed by atoms with Crippen LogP contribution in [0.3, 0.4) is 0 Å². The van der Waals surface area contributed by atoms with Gasteiger partial charge in [-0.3, -0.25) is 0 Å². The van der Waals surface area contributed by atoms with E-state index in [0.29, 0.717) is 0 Å². The van der Waals surface area contributed by atoms with Gasteiger partial charge in [0, 0.05) is 6.07 Å². The molecule has 0 spiro atoms. The molecule has 0 fully saturated rings. The molecule has 84 valence electrons.